The third kappa shape index (κ3) is 3.97. The quantitative estimate of drug-likeness (QED) is 0.769. The summed E-state index contributed by atoms with van der Waals surface area (Å²) in [5.74, 6) is -0.792. The number of carboxylic acids is 1. The van der Waals surface area contributed by atoms with Crippen LogP contribution in [0, 0.1) is 5.92 Å². The molecule has 1 N–H and O–H groups in total. The third-order valence-electron chi connectivity index (χ3n) is 5.91. The zero-order valence-electron chi connectivity index (χ0n) is 18.6. The van der Waals surface area contributed by atoms with Crippen LogP contribution in [-0.2, 0) is 4.79 Å². The Labute approximate surface area is 175 Å². The van der Waals surface area contributed by atoms with Crippen LogP contribution in [-0.4, -0.2) is 47.3 Å². The van der Waals surface area contributed by atoms with Crippen LogP contribution in [0.4, 0.5) is 11.4 Å². The van der Waals surface area contributed by atoms with Crippen LogP contribution in [0.25, 0.3) is 5.57 Å². The van der Waals surface area contributed by atoms with E-state index in [-0.39, 0.29) is 12.3 Å². The van der Waals surface area contributed by atoms with Crippen LogP contribution >= 0.6 is 0 Å². The Morgan fingerprint density at radius 1 is 0.966 bits per heavy atom. The first-order valence-electron chi connectivity index (χ1n) is 10.1. The van der Waals surface area contributed by atoms with Crippen molar-refractivity contribution in [2.75, 3.05) is 38.0 Å². The van der Waals surface area contributed by atoms with Gasteiger partial charge in [0.1, 0.15) is 8.07 Å². The number of aliphatic carboxylic acids is 1. The van der Waals surface area contributed by atoms with Crippen molar-refractivity contribution in [3.63, 3.8) is 0 Å². The number of benzene rings is 2. The molecule has 154 valence electrons. The molecule has 0 fully saturated rings. The fourth-order valence-corrected chi connectivity index (χ4v) is 7.30. The highest BCUT2D eigenvalue weighted by molar-refractivity contribution is 7.02. The zero-order valence-corrected chi connectivity index (χ0v) is 19.6. The van der Waals surface area contributed by atoms with Gasteiger partial charge in [0.2, 0.25) is 0 Å². The van der Waals surface area contributed by atoms with Gasteiger partial charge in [-0.1, -0.05) is 38.2 Å². The summed E-state index contributed by atoms with van der Waals surface area (Å²) in [6.45, 7) is 6.82. The van der Waals surface area contributed by atoms with Crippen molar-refractivity contribution in [1.82, 2.24) is 0 Å². The van der Waals surface area contributed by atoms with Gasteiger partial charge >= 0.3 is 5.97 Å². The van der Waals surface area contributed by atoms with Gasteiger partial charge in [-0.05, 0) is 57.3 Å². The molecule has 2 aromatic rings. The van der Waals surface area contributed by atoms with Gasteiger partial charge in [0.15, 0.2) is 0 Å². The smallest absolute Gasteiger partial charge is 0.303 e. The van der Waals surface area contributed by atoms with E-state index in [0.29, 0.717) is 0 Å². The van der Waals surface area contributed by atoms with Gasteiger partial charge in [-0.3, -0.25) is 4.79 Å². The molecule has 2 aromatic carbocycles. The molecule has 0 spiro atoms. The Balaban J connectivity index is 2.28. The van der Waals surface area contributed by atoms with Gasteiger partial charge in [-0.2, -0.15) is 0 Å². The van der Waals surface area contributed by atoms with Crippen molar-refractivity contribution in [3.05, 3.63) is 53.6 Å². The largest absolute Gasteiger partial charge is 0.481 e. The monoisotopic (exact) mass is 408 g/mol. The molecule has 0 aromatic heterocycles. The molecule has 4 nitrogen and oxygen atoms in total. The molecule has 29 heavy (non-hydrogen) atoms. The molecule has 0 saturated heterocycles. The summed E-state index contributed by atoms with van der Waals surface area (Å²) in [6, 6.07) is 13.4. The van der Waals surface area contributed by atoms with Crippen LogP contribution in [0.3, 0.4) is 0 Å². The summed E-state index contributed by atoms with van der Waals surface area (Å²) < 4.78 is 0. The van der Waals surface area contributed by atoms with E-state index in [1.165, 1.54) is 38.4 Å². The second kappa shape index (κ2) is 7.71. The van der Waals surface area contributed by atoms with Crippen LogP contribution < -0.4 is 20.2 Å². The lowest BCUT2D eigenvalue weighted by Crippen LogP contribution is -2.58. The van der Waals surface area contributed by atoms with Crippen LogP contribution in [0.2, 0.25) is 13.1 Å². The lowest BCUT2D eigenvalue weighted by molar-refractivity contribution is -0.137. The number of allylic oxidation sites excluding steroid dienone is 1. The predicted molar refractivity (Wildman–Crippen MR) is 127 cm³/mol. The maximum absolute atomic E-state index is 11.3. The zero-order chi connectivity index (χ0) is 21.5. The number of fused-ring (bicyclic) bond motifs is 2. The van der Waals surface area contributed by atoms with Gasteiger partial charge in [0, 0.05) is 39.6 Å². The first-order valence-corrected chi connectivity index (χ1v) is 13.1. The molecule has 0 saturated carbocycles. The second-order valence-corrected chi connectivity index (χ2v) is 13.4. The molecule has 1 unspecified atom stereocenters. The van der Waals surface area contributed by atoms with E-state index in [9.17, 15) is 9.90 Å². The van der Waals surface area contributed by atoms with Crippen molar-refractivity contribution in [1.29, 1.82) is 0 Å². The van der Waals surface area contributed by atoms with E-state index >= 15 is 0 Å². The number of hydrogen-bond acceptors (Lipinski definition) is 3. The number of carboxylic acid groups (broad SMARTS) is 1. The highest BCUT2D eigenvalue weighted by atomic mass is 28.3. The molecule has 0 bridgehead atoms. The minimum atomic E-state index is -1.92. The van der Waals surface area contributed by atoms with Gasteiger partial charge in [-0.15, -0.1) is 0 Å². The van der Waals surface area contributed by atoms with Crippen molar-refractivity contribution in [2.45, 2.75) is 26.4 Å². The summed E-state index contributed by atoms with van der Waals surface area (Å²) in [5.41, 5.74) is 6.10. The highest BCUT2D eigenvalue weighted by Gasteiger charge is 2.37. The average Bonchev–Trinajstić information content (AvgIpc) is 2.63. The lowest BCUT2D eigenvalue weighted by atomic mass is 9.92. The molecular weight excluding hydrogens is 376 g/mol. The Morgan fingerprint density at radius 3 is 1.79 bits per heavy atom. The molecule has 0 radical (unpaired) electrons. The van der Waals surface area contributed by atoms with E-state index in [1.807, 2.05) is 6.92 Å². The van der Waals surface area contributed by atoms with E-state index < -0.39 is 14.0 Å². The second-order valence-electron chi connectivity index (χ2n) is 9.03. The molecule has 1 heterocycles. The fraction of sp³-hybridized carbons (Fsp3) is 0.375. The summed E-state index contributed by atoms with van der Waals surface area (Å²) in [6.07, 6.45) is 2.29. The number of nitrogens with zero attached hydrogens (tertiary/aromatic N) is 2. The van der Waals surface area contributed by atoms with Crippen molar-refractivity contribution < 1.29 is 9.90 Å². The van der Waals surface area contributed by atoms with E-state index in [4.69, 9.17) is 0 Å². The normalized spacial score (nSPS) is 15.2. The van der Waals surface area contributed by atoms with E-state index in [2.05, 4.69) is 93.6 Å². The van der Waals surface area contributed by atoms with Crippen molar-refractivity contribution in [3.8, 4) is 0 Å². The molecule has 5 heteroatoms. The Morgan fingerprint density at radius 2 is 1.41 bits per heavy atom. The van der Waals surface area contributed by atoms with Gasteiger partial charge in [0.05, 0.1) is 6.42 Å². The molecule has 1 atom stereocenters. The van der Waals surface area contributed by atoms with Crippen LogP contribution in [0.1, 0.15) is 24.5 Å². The molecule has 3 rings (SSSR count). The minimum Gasteiger partial charge on any atom is -0.481 e. The first kappa shape index (κ1) is 21.2. The first-order chi connectivity index (χ1) is 13.5. The number of hydrogen-bond donors (Lipinski definition) is 1. The highest BCUT2D eigenvalue weighted by Crippen LogP contribution is 2.33. The standard InChI is InChI=1S/C24H32N2O2Si/c1-16(13-24(27)28)12-21-19-10-8-17(25(2)3)14-22(19)29(6,7)23-15-18(26(4)5)9-11-20(21)23/h8-12,14-16H,13H2,1-7H3,(H,27,28). The minimum absolute atomic E-state index is 0.0341. The number of rotatable bonds is 5. The molecule has 1 aliphatic rings. The molecule has 1 aliphatic heterocycles. The average molecular weight is 409 g/mol. The molecular formula is C24H32N2O2Si. The van der Waals surface area contributed by atoms with Gasteiger partial charge < -0.3 is 14.9 Å². The number of anilines is 2. The van der Waals surface area contributed by atoms with E-state index in [1.54, 1.807) is 0 Å². The summed E-state index contributed by atoms with van der Waals surface area (Å²) in [4.78, 5) is 15.5. The van der Waals surface area contributed by atoms with Gasteiger partial charge in [0.25, 0.3) is 0 Å². The lowest BCUT2D eigenvalue weighted by Gasteiger charge is -2.37. The summed E-state index contributed by atoms with van der Waals surface area (Å²) in [5, 5.41) is 12.1. The van der Waals surface area contributed by atoms with Crippen molar-refractivity contribution >= 4 is 41.4 Å². The van der Waals surface area contributed by atoms with Crippen LogP contribution in [0.5, 0.6) is 0 Å². The Kier molecular flexibility index (Phi) is 5.63. The summed E-state index contributed by atoms with van der Waals surface area (Å²) >= 11 is 0. The van der Waals surface area contributed by atoms with Crippen LogP contribution in [0.15, 0.2) is 42.5 Å². The molecule has 0 amide bonds. The Hall–Kier alpha value is -2.53. The van der Waals surface area contributed by atoms with Crippen molar-refractivity contribution in [2.24, 2.45) is 5.92 Å². The summed E-state index contributed by atoms with van der Waals surface area (Å²) in [7, 11) is 6.37. The maximum Gasteiger partial charge on any atom is 0.303 e. The Bertz CT molecular complexity index is 913. The molecule has 0 aliphatic carbocycles. The van der Waals surface area contributed by atoms with E-state index in [0.717, 1.165) is 0 Å². The topological polar surface area (TPSA) is 43.8 Å². The van der Waals surface area contributed by atoms with Gasteiger partial charge in [-0.25, -0.2) is 0 Å². The maximum atomic E-state index is 11.3. The third-order valence-corrected chi connectivity index (χ3v) is 9.43. The predicted octanol–water partition coefficient (Wildman–Crippen LogP) is 3.50. The fourth-order valence-electron chi connectivity index (χ4n) is 4.21. The number of carbonyl (C=O) groups is 1. The SMILES string of the molecule is CC(C=C1c2ccc(N(C)C)cc2[Si](C)(C)c2cc(N(C)C)ccc21)CC(=O)O.